The van der Waals surface area contributed by atoms with Gasteiger partial charge in [0.2, 0.25) is 5.91 Å². The highest BCUT2D eigenvalue weighted by Crippen LogP contribution is 2.07. The van der Waals surface area contributed by atoms with Crippen LogP contribution in [0.4, 0.5) is 4.79 Å². The summed E-state index contributed by atoms with van der Waals surface area (Å²) >= 11 is 0. The van der Waals surface area contributed by atoms with Gasteiger partial charge in [-0.05, 0) is 51.8 Å². The number of aliphatic imine (C=N–C) groups is 1. The summed E-state index contributed by atoms with van der Waals surface area (Å²) in [5.41, 5.74) is 6.16. The lowest BCUT2D eigenvalue weighted by molar-refractivity contribution is 0.0527. The van der Waals surface area contributed by atoms with Crippen LogP contribution in [-0.4, -0.2) is 43.2 Å². The smallest absolute Gasteiger partial charge is 0.407 e. The van der Waals surface area contributed by atoms with Crippen molar-refractivity contribution in [2.24, 2.45) is 10.7 Å². The number of carbonyl (C=O) groups excluding carboxylic acids is 2. The zero-order valence-electron chi connectivity index (χ0n) is 16.6. The number of carbonyl (C=O) groups is 2. The van der Waals surface area contributed by atoms with E-state index in [2.05, 4.69) is 20.9 Å². The minimum Gasteiger partial charge on any atom is -0.444 e. The second kappa shape index (κ2) is 11.1. The Morgan fingerprint density at radius 2 is 1.85 bits per heavy atom. The summed E-state index contributed by atoms with van der Waals surface area (Å²) in [4.78, 5) is 27.3. The summed E-state index contributed by atoms with van der Waals surface area (Å²) in [5.74, 6) is 0.211. The Labute approximate surface area is 160 Å². The number of nitrogens with one attached hydrogen (secondary N) is 3. The Balaban J connectivity index is 2.43. The summed E-state index contributed by atoms with van der Waals surface area (Å²) in [7, 11) is 0. The maximum Gasteiger partial charge on any atom is 0.407 e. The van der Waals surface area contributed by atoms with Crippen molar-refractivity contribution in [3.05, 3.63) is 35.4 Å². The van der Waals surface area contributed by atoms with Crippen LogP contribution in [-0.2, 0) is 11.3 Å². The zero-order chi connectivity index (χ0) is 20.3. The Morgan fingerprint density at radius 3 is 2.48 bits per heavy atom. The molecule has 150 valence electrons. The van der Waals surface area contributed by atoms with E-state index in [9.17, 15) is 9.59 Å². The normalized spacial score (nSPS) is 11.6. The summed E-state index contributed by atoms with van der Waals surface area (Å²) in [5, 5.41) is 9.08. The number of amides is 2. The van der Waals surface area contributed by atoms with E-state index in [-0.39, 0.29) is 0 Å². The molecule has 0 heterocycles. The van der Waals surface area contributed by atoms with E-state index in [1.165, 1.54) is 0 Å². The second-order valence-corrected chi connectivity index (χ2v) is 6.97. The van der Waals surface area contributed by atoms with Gasteiger partial charge < -0.3 is 26.4 Å². The van der Waals surface area contributed by atoms with Gasteiger partial charge in [0.1, 0.15) is 5.60 Å². The lowest BCUT2D eigenvalue weighted by Crippen LogP contribution is -2.39. The number of benzene rings is 1. The van der Waals surface area contributed by atoms with Crippen molar-refractivity contribution in [3.63, 3.8) is 0 Å². The molecule has 1 rings (SSSR count). The predicted octanol–water partition coefficient (Wildman–Crippen LogP) is 1.76. The SMILES string of the molecule is CCNC(=NCc1cccc(C(N)=O)c1)NCCCNC(=O)OC(C)(C)C. The summed E-state index contributed by atoms with van der Waals surface area (Å²) in [6.45, 7) is 9.75. The van der Waals surface area contributed by atoms with Crippen LogP contribution >= 0.6 is 0 Å². The first-order valence-electron chi connectivity index (χ1n) is 9.09. The third-order valence-corrected chi connectivity index (χ3v) is 3.29. The standard InChI is InChI=1S/C19H31N5O3/c1-5-21-17(22-10-7-11-23-18(26)27-19(2,3)4)24-13-14-8-6-9-15(12-14)16(20)25/h6,8-9,12H,5,7,10-11,13H2,1-4H3,(H2,20,25)(H,23,26)(H2,21,22,24). The molecule has 0 atom stereocenters. The first-order valence-corrected chi connectivity index (χ1v) is 9.09. The maximum atomic E-state index is 11.6. The highest BCUT2D eigenvalue weighted by Gasteiger charge is 2.15. The van der Waals surface area contributed by atoms with E-state index in [1.54, 1.807) is 18.2 Å². The van der Waals surface area contributed by atoms with Crippen molar-refractivity contribution in [1.82, 2.24) is 16.0 Å². The van der Waals surface area contributed by atoms with Crippen molar-refractivity contribution in [3.8, 4) is 0 Å². The average Bonchev–Trinajstić information content (AvgIpc) is 2.58. The van der Waals surface area contributed by atoms with E-state index in [0.717, 1.165) is 18.5 Å². The number of rotatable bonds is 8. The fourth-order valence-electron chi connectivity index (χ4n) is 2.13. The molecule has 27 heavy (non-hydrogen) atoms. The van der Waals surface area contributed by atoms with Gasteiger partial charge in [0.05, 0.1) is 6.54 Å². The fourth-order valence-corrected chi connectivity index (χ4v) is 2.13. The van der Waals surface area contributed by atoms with Crippen LogP contribution in [0, 0.1) is 0 Å². The van der Waals surface area contributed by atoms with Gasteiger partial charge in [0.25, 0.3) is 0 Å². The number of nitrogens with two attached hydrogens (primary N) is 1. The van der Waals surface area contributed by atoms with Gasteiger partial charge in [-0.2, -0.15) is 0 Å². The molecule has 8 heteroatoms. The van der Waals surface area contributed by atoms with E-state index >= 15 is 0 Å². The largest absolute Gasteiger partial charge is 0.444 e. The maximum absolute atomic E-state index is 11.6. The molecule has 1 aromatic carbocycles. The van der Waals surface area contributed by atoms with Crippen LogP contribution in [0.3, 0.4) is 0 Å². The molecule has 0 aliphatic heterocycles. The Kier molecular flexibility index (Phi) is 9.12. The van der Waals surface area contributed by atoms with E-state index in [0.29, 0.717) is 31.2 Å². The van der Waals surface area contributed by atoms with Crippen LogP contribution in [0.1, 0.15) is 50.0 Å². The molecule has 1 aromatic rings. The van der Waals surface area contributed by atoms with Gasteiger partial charge in [-0.25, -0.2) is 9.79 Å². The first kappa shape index (κ1) is 22.3. The molecule has 0 aliphatic carbocycles. The minimum absolute atomic E-state index is 0.419. The zero-order valence-corrected chi connectivity index (χ0v) is 16.6. The number of primary amides is 1. The number of hydrogen-bond acceptors (Lipinski definition) is 4. The second-order valence-electron chi connectivity index (χ2n) is 6.97. The van der Waals surface area contributed by atoms with Gasteiger partial charge >= 0.3 is 6.09 Å². The van der Waals surface area contributed by atoms with E-state index < -0.39 is 17.6 Å². The molecular weight excluding hydrogens is 346 g/mol. The van der Waals surface area contributed by atoms with Crippen LogP contribution in [0.5, 0.6) is 0 Å². The van der Waals surface area contributed by atoms with Gasteiger partial charge in [-0.1, -0.05) is 12.1 Å². The molecule has 8 nitrogen and oxygen atoms in total. The van der Waals surface area contributed by atoms with Crippen LogP contribution in [0.15, 0.2) is 29.3 Å². The Morgan fingerprint density at radius 1 is 1.15 bits per heavy atom. The molecule has 0 aromatic heterocycles. The molecule has 0 radical (unpaired) electrons. The lowest BCUT2D eigenvalue weighted by atomic mass is 10.1. The third kappa shape index (κ3) is 10.1. The third-order valence-electron chi connectivity index (χ3n) is 3.29. The average molecular weight is 377 g/mol. The fraction of sp³-hybridized carbons (Fsp3) is 0.526. The van der Waals surface area contributed by atoms with Crippen molar-refractivity contribution < 1.29 is 14.3 Å². The Bertz CT molecular complexity index is 653. The van der Waals surface area contributed by atoms with Crippen molar-refractivity contribution >= 4 is 18.0 Å². The summed E-state index contributed by atoms with van der Waals surface area (Å²) < 4.78 is 5.18. The molecule has 0 saturated heterocycles. The number of alkyl carbamates (subject to hydrolysis) is 1. The molecule has 5 N–H and O–H groups in total. The number of ether oxygens (including phenoxy) is 1. The lowest BCUT2D eigenvalue weighted by Gasteiger charge is -2.19. The molecule has 2 amide bonds. The molecule has 0 unspecified atom stereocenters. The molecule has 0 bridgehead atoms. The van der Waals surface area contributed by atoms with Crippen LogP contribution in [0.25, 0.3) is 0 Å². The summed E-state index contributed by atoms with van der Waals surface area (Å²) in [6, 6.07) is 7.09. The topological polar surface area (TPSA) is 118 Å². The van der Waals surface area contributed by atoms with Gasteiger partial charge in [0.15, 0.2) is 5.96 Å². The van der Waals surface area contributed by atoms with E-state index in [1.807, 2.05) is 33.8 Å². The van der Waals surface area contributed by atoms with Gasteiger partial charge in [-0.3, -0.25) is 4.79 Å². The van der Waals surface area contributed by atoms with Gasteiger partial charge in [0, 0.05) is 25.2 Å². The first-order chi connectivity index (χ1) is 12.7. The molecule has 0 aliphatic rings. The molecule has 0 saturated carbocycles. The molecular formula is C19H31N5O3. The summed E-state index contributed by atoms with van der Waals surface area (Å²) in [6.07, 6.45) is 0.304. The van der Waals surface area contributed by atoms with Crippen molar-refractivity contribution in [2.75, 3.05) is 19.6 Å². The number of guanidine groups is 1. The monoisotopic (exact) mass is 377 g/mol. The van der Waals surface area contributed by atoms with Gasteiger partial charge in [-0.15, -0.1) is 0 Å². The molecule has 0 spiro atoms. The Hall–Kier alpha value is -2.77. The van der Waals surface area contributed by atoms with Crippen LogP contribution < -0.4 is 21.7 Å². The quantitative estimate of drug-likeness (QED) is 0.313. The highest BCUT2D eigenvalue weighted by atomic mass is 16.6. The van der Waals surface area contributed by atoms with E-state index in [4.69, 9.17) is 10.5 Å². The van der Waals surface area contributed by atoms with Crippen molar-refractivity contribution in [2.45, 2.75) is 46.3 Å². The predicted molar refractivity (Wildman–Crippen MR) is 107 cm³/mol. The molecule has 0 fully saturated rings. The highest BCUT2D eigenvalue weighted by molar-refractivity contribution is 5.92. The van der Waals surface area contributed by atoms with Crippen LogP contribution in [0.2, 0.25) is 0 Å². The van der Waals surface area contributed by atoms with Crippen molar-refractivity contribution in [1.29, 1.82) is 0 Å². The minimum atomic E-state index is -0.501. The number of nitrogens with zero attached hydrogens (tertiary/aromatic N) is 1. The number of hydrogen-bond donors (Lipinski definition) is 4.